The molecule has 2 heterocycles. The van der Waals surface area contributed by atoms with Crippen molar-refractivity contribution in [1.82, 2.24) is 14.9 Å². The molecule has 0 bridgehead atoms. The van der Waals surface area contributed by atoms with Gasteiger partial charge in [0.25, 0.3) is 5.91 Å². The number of alkyl halides is 3. The first-order valence-corrected chi connectivity index (χ1v) is 7.73. The molecule has 2 atom stereocenters. The second-order valence-corrected chi connectivity index (χ2v) is 5.97. The summed E-state index contributed by atoms with van der Waals surface area (Å²) in [7, 11) is 0. The Morgan fingerprint density at radius 2 is 1.69 bits per heavy atom. The van der Waals surface area contributed by atoms with Crippen LogP contribution >= 0.6 is 0 Å². The number of amides is 1. The summed E-state index contributed by atoms with van der Waals surface area (Å²) < 4.78 is 37.5. The van der Waals surface area contributed by atoms with Crippen molar-refractivity contribution >= 4 is 11.9 Å². The van der Waals surface area contributed by atoms with Gasteiger partial charge in [0.1, 0.15) is 0 Å². The van der Waals surface area contributed by atoms with E-state index in [1.165, 1.54) is 4.90 Å². The summed E-state index contributed by atoms with van der Waals surface area (Å²) in [6, 6.07) is 8.94. The monoisotopic (exact) mass is 365 g/mol. The molecule has 9 heteroatoms. The van der Waals surface area contributed by atoms with Crippen molar-refractivity contribution in [1.29, 1.82) is 0 Å². The zero-order chi connectivity index (χ0) is 18.9. The van der Waals surface area contributed by atoms with Crippen molar-refractivity contribution in [3.63, 3.8) is 0 Å². The lowest BCUT2D eigenvalue weighted by Gasteiger charge is -2.16. The third-order valence-electron chi connectivity index (χ3n) is 4.30. The Morgan fingerprint density at radius 3 is 2.23 bits per heavy atom. The highest BCUT2D eigenvalue weighted by molar-refractivity contribution is 5.94. The number of carboxylic acid groups (broad SMARTS) is 1. The number of hydrogen-bond donors (Lipinski definition) is 1. The first-order chi connectivity index (χ1) is 12.3. The second kappa shape index (κ2) is 6.74. The molecule has 0 aliphatic carbocycles. The molecule has 1 aliphatic rings. The maximum Gasteiger partial charge on any atom is 0.451 e. The van der Waals surface area contributed by atoms with Crippen LogP contribution in [0.3, 0.4) is 0 Å². The molecule has 1 aromatic carbocycles. The molecule has 0 radical (unpaired) electrons. The third-order valence-corrected chi connectivity index (χ3v) is 4.30. The first kappa shape index (κ1) is 17.8. The number of carboxylic acids is 1. The van der Waals surface area contributed by atoms with Gasteiger partial charge in [0.15, 0.2) is 0 Å². The quantitative estimate of drug-likeness (QED) is 0.903. The van der Waals surface area contributed by atoms with Gasteiger partial charge < -0.3 is 10.0 Å². The zero-order valence-electron chi connectivity index (χ0n) is 13.3. The van der Waals surface area contributed by atoms with Crippen LogP contribution in [0.15, 0.2) is 42.7 Å². The molecule has 1 saturated heterocycles. The van der Waals surface area contributed by atoms with E-state index in [0.29, 0.717) is 0 Å². The van der Waals surface area contributed by atoms with Crippen LogP contribution in [0.2, 0.25) is 0 Å². The van der Waals surface area contributed by atoms with Gasteiger partial charge in [-0.2, -0.15) is 13.2 Å². The SMILES string of the molecule is O=C(O)C1CN(C(=O)c2cnc(C(F)(F)F)nc2)CC1c1ccccc1. The summed E-state index contributed by atoms with van der Waals surface area (Å²) in [6.45, 7) is 0.121. The van der Waals surface area contributed by atoms with E-state index in [1.807, 2.05) is 0 Å². The van der Waals surface area contributed by atoms with E-state index in [1.54, 1.807) is 30.3 Å². The van der Waals surface area contributed by atoms with Crippen LogP contribution in [0, 0.1) is 5.92 Å². The average molecular weight is 365 g/mol. The number of carbonyl (C=O) groups is 2. The molecule has 0 saturated carbocycles. The van der Waals surface area contributed by atoms with Crippen molar-refractivity contribution in [3.05, 3.63) is 59.7 Å². The number of benzene rings is 1. The Bertz CT molecular complexity index is 809. The molecule has 1 aromatic heterocycles. The lowest BCUT2D eigenvalue weighted by atomic mass is 9.89. The minimum absolute atomic E-state index is 0.0330. The van der Waals surface area contributed by atoms with Crippen LogP contribution < -0.4 is 0 Å². The Balaban J connectivity index is 1.81. The topological polar surface area (TPSA) is 83.4 Å². The number of aromatic nitrogens is 2. The number of halogens is 3. The molecular formula is C17H14F3N3O3. The van der Waals surface area contributed by atoms with Gasteiger partial charge in [-0.25, -0.2) is 9.97 Å². The Morgan fingerprint density at radius 1 is 1.08 bits per heavy atom. The first-order valence-electron chi connectivity index (χ1n) is 7.73. The molecule has 136 valence electrons. The number of aliphatic carboxylic acids is 1. The predicted octanol–water partition coefficient (Wildman–Crippen LogP) is 2.44. The largest absolute Gasteiger partial charge is 0.481 e. The van der Waals surface area contributed by atoms with Gasteiger partial charge in [0.2, 0.25) is 5.82 Å². The predicted molar refractivity (Wildman–Crippen MR) is 83.2 cm³/mol. The van der Waals surface area contributed by atoms with Gasteiger partial charge in [-0.05, 0) is 5.56 Å². The molecule has 2 unspecified atom stereocenters. The van der Waals surface area contributed by atoms with Crippen LogP contribution in [0.1, 0.15) is 27.7 Å². The highest BCUT2D eigenvalue weighted by Crippen LogP contribution is 2.33. The fourth-order valence-electron chi connectivity index (χ4n) is 3.03. The Hall–Kier alpha value is -2.97. The third kappa shape index (κ3) is 3.51. The van der Waals surface area contributed by atoms with E-state index in [-0.39, 0.29) is 18.7 Å². The molecule has 26 heavy (non-hydrogen) atoms. The lowest BCUT2D eigenvalue weighted by molar-refractivity contribution is -0.145. The molecule has 1 aliphatic heterocycles. The van der Waals surface area contributed by atoms with Gasteiger partial charge in [0.05, 0.1) is 11.5 Å². The highest BCUT2D eigenvalue weighted by Gasteiger charge is 2.41. The van der Waals surface area contributed by atoms with E-state index < -0.39 is 35.7 Å². The van der Waals surface area contributed by atoms with Crippen LogP contribution in [-0.4, -0.2) is 44.9 Å². The van der Waals surface area contributed by atoms with Crippen molar-refractivity contribution in [2.75, 3.05) is 13.1 Å². The van der Waals surface area contributed by atoms with E-state index in [9.17, 15) is 27.9 Å². The number of carbonyl (C=O) groups excluding carboxylic acids is 1. The highest BCUT2D eigenvalue weighted by atomic mass is 19.4. The maximum atomic E-state index is 12.5. The van der Waals surface area contributed by atoms with Crippen LogP contribution in [0.4, 0.5) is 13.2 Å². The van der Waals surface area contributed by atoms with Crippen LogP contribution in [0.25, 0.3) is 0 Å². The minimum Gasteiger partial charge on any atom is -0.481 e. The fourth-order valence-corrected chi connectivity index (χ4v) is 3.03. The lowest BCUT2D eigenvalue weighted by Crippen LogP contribution is -2.30. The fraction of sp³-hybridized carbons (Fsp3) is 0.294. The molecule has 0 spiro atoms. The molecule has 3 rings (SSSR count). The number of hydrogen-bond acceptors (Lipinski definition) is 4. The molecule has 6 nitrogen and oxygen atoms in total. The van der Waals surface area contributed by atoms with E-state index >= 15 is 0 Å². The molecule has 1 fully saturated rings. The minimum atomic E-state index is -4.69. The molecule has 2 aromatic rings. The summed E-state index contributed by atoms with van der Waals surface area (Å²) in [6.07, 6.45) is -3.07. The summed E-state index contributed by atoms with van der Waals surface area (Å²) in [5.41, 5.74) is 0.676. The van der Waals surface area contributed by atoms with E-state index in [4.69, 9.17) is 0 Å². The number of rotatable bonds is 3. The zero-order valence-corrected chi connectivity index (χ0v) is 13.3. The van der Waals surface area contributed by atoms with E-state index in [2.05, 4.69) is 9.97 Å². The van der Waals surface area contributed by atoms with Crippen molar-refractivity contribution in [3.8, 4) is 0 Å². The van der Waals surface area contributed by atoms with Gasteiger partial charge in [-0.1, -0.05) is 30.3 Å². The summed E-state index contributed by atoms with van der Waals surface area (Å²) in [5, 5.41) is 9.45. The van der Waals surface area contributed by atoms with Crippen molar-refractivity contribution in [2.24, 2.45) is 5.92 Å². The standard InChI is InChI=1S/C17H14F3N3O3/c18-17(19,20)16-21-6-11(7-22-16)14(24)23-8-12(13(9-23)15(25)26)10-4-2-1-3-5-10/h1-7,12-13H,8-9H2,(H,25,26). The van der Waals surface area contributed by atoms with Gasteiger partial charge in [-0.15, -0.1) is 0 Å². The van der Waals surface area contributed by atoms with Gasteiger partial charge in [0, 0.05) is 31.4 Å². The summed E-state index contributed by atoms with van der Waals surface area (Å²) >= 11 is 0. The smallest absolute Gasteiger partial charge is 0.451 e. The van der Waals surface area contributed by atoms with Gasteiger partial charge in [-0.3, -0.25) is 9.59 Å². The summed E-state index contributed by atoms with van der Waals surface area (Å²) in [5.74, 6) is -4.15. The number of nitrogens with zero attached hydrogens (tertiary/aromatic N) is 3. The Kier molecular flexibility index (Phi) is 4.62. The molecule has 1 amide bonds. The molecule has 1 N–H and O–H groups in total. The molecular weight excluding hydrogens is 351 g/mol. The van der Waals surface area contributed by atoms with Crippen LogP contribution in [-0.2, 0) is 11.0 Å². The van der Waals surface area contributed by atoms with Crippen molar-refractivity contribution < 1.29 is 27.9 Å². The van der Waals surface area contributed by atoms with Gasteiger partial charge >= 0.3 is 12.1 Å². The van der Waals surface area contributed by atoms with Crippen molar-refractivity contribution in [2.45, 2.75) is 12.1 Å². The maximum absolute atomic E-state index is 12.5. The van der Waals surface area contributed by atoms with E-state index in [0.717, 1.165) is 18.0 Å². The van der Waals surface area contributed by atoms with Crippen LogP contribution in [0.5, 0.6) is 0 Å². The second-order valence-electron chi connectivity index (χ2n) is 5.97. The normalized spacial score (nSPS) is 20.2. The Labute approximate surface area is 146 Å². The number of likely N-dealkylation sites (tertiary alicyclic amines) is 1. The average Bonchev–Trinajstić information content (AvgIpc) is 3.07. The summed E-state index contributed by atoms with van der Waals surface area (Å²) in [4.78, 5) is 31.7.